The first-order valence-electron chi connectivity index (χ1n) is 3.53. The maximum atomic E-state index is 8.40. The Labute approximate surface area is 71.4 Å². The summed E-state index contributed by atoms with van der Waals surface area (Å²) in [5.41, 5.74) is 0. The van der Waals surface area contributed by atoms with Gasteiger partial charge in [0.1, 0.15) is 6.54 Å². The zero-order chi connectivity index (χ0) is 9.23. The summed E-state index contributed by atoms with van der Waals surface area (Å²) in [4.78, 5) is 9.68. The van der Waals surface area contributed by atoms with Gasteiger partial charge in [-0.3, -0.25) is 9.68 Å². The number of aliphatic hydroxyl groups excluding tert-OH is 2. The molecular weight excluding hydrogens is 162 g/mol. The van der Waals surface area contributed by atoms with E-state index in [2.05, 4.69) is 5.92 Å². The predicted octanol–water partition coefficient (Wildman–Crippen LogP) is -1.23. The van der Waals surface area contributed by atoms with E-state index in [9.17, 15) is 0 Å². The summed E-state index contributed by atoms with van der Waals surface area (Å²) >= 11 is 0. The van der Waals surface area contributed by atoms with E-state index in [0.29, 0.717) is 0 Å². The van der Waals surface area contributed by atoms with Crippen molar-refractivity contribution in [2.45, 2.75) is 0 Å². The molecule has 0 aliphatic rings. The molecule has 0 aromatic rings. The summed E-state index contributed by atoms with van der Waals surface area (Å²) < 4.78 is 0. The van der Waals surface area contributed by atoms with Crippen molar-refractivity contribution in [1.29, 1.82) is 0 Å². The van der Waals surface area contributed by atoms with Crippen LogP contribution < -0.4 is 0 Å². The van der Waals surface area contributed by atoms with Gasteiger partial charge in [0.2, 0.25) is 0 Å². The van der Waals surface area contributed by atoms with Crippen molar-refractivity contribution in [2.75, 3.05) is 33.0 Å². The normalized spacial score (nSPS) is 10.2. The summed E-state index contributed by atoms with van der Waals surface area (Å²) in [5, 5.41) is 17.8. The van der Waals surface area contributed by atoms with Crippen molar-refractivity contribution in [3.8, 4) is 12.3 Å². The lowest BCUT2D eigenvalue weighted by molar-refractivity contribution is -0.364. The van der Waals surface area contributed by atoms with E-state index in [1.54, 1.807) is 0 Å². The van der Waals surface area contributed by atoms with E-state index < -0.39 is 0 Å². The lowest BCUT2D eigenvalue weighted by Crippen LogP contribution is -2.27. The molecule has 0 unspecified atom stereocenters. The Hall–Kier alpha value is -0.640. The van der Waals surface area contributed by atoms with Crippen LogP contribution in [0.5, 0.6) is 0 Å². The Kier molecular flexibility index (Phi) is 8.01. The van der Waals surface area contributed by atoms with Gasteiger partial charge in [0.25, 0.3) is 0 Å². The molecule has 5 heteroatoms. The van der Waals surface area contributed by atoms with E-state index >= 15 is 0 Å². The number of terminal acetylenes is 1. The van der Waals surface area contributed by atoms with E-state index in [0.717, 1.165) is 5.23 Å². The molecule has 0 heterocycles. The number of hydroxylamine groups is 2. The first-order chi connectivity index (χ1) is 5.85. The van der Waals surface area contributed by atoms with Gasteiger partial charge in [0.15, 0.2) is 0 Å². The predicted molar refractivity (Wildman–Crippen MR) is 41.6 cm³/mol. The van der Waals surface area contributed by atoms with Crippen LogP contribution in [-0.2, 0) is 9.68 Å². The SMILES string of the molecule is C#CCN(OCCO)OCCO. The van der Waals surface area contributed by atoms with Crippen LogP contribution in [0.3, 0.4) is 0 Å². The molecule has 0 aromatic heterocycles. The van der Waals surface area contributed by atoms with Gasteiger partial charge in [-0.25, -0.2) is 0 Å². The molecule has 0 aliphatic carbocycles. The number of nitrogens with zero attached hydrogens (tertiary/aromatic N) is 1. The standard InChI is InChI=1S/C7H13NO4/c1-2-3-8(11-6-4-9)12-7-5-10/h1,9-10H,3-7H2. The third-order valence-electron chi connectivity index (χ3n) is 0.874. The van der Waals surface area contributed by atoms with Crippen molar-refractivity contribution in [2.24, 2.45) is 0 Å². The van der Waals surface area contributed by atoms with Gasteiger partial charge in [0.05, 0.1) is 26.4 Å². The molecule has 0 amide bonds. The summed E-state index contributed by atoms with van der Waals surface area (Å²) in [6, 6.07) is 0. The zero-order valence-electron chi connectivity index (χ0n) is 6.77. The van der Waals surface area contributed by atoms with Gasteiger partial charge in [-0.2, -0.15) is 0 Å². The van der Waals surface area contributed by atoms with Gasteiger partial charge < -0.3 is 10.2 Å². The lowest BCUT2D eigenvalue weighted by atomic mass is 10.7. The second-order valence-corrected chi connectivity index (χ2v) is 1.81. The largest absolute Gasteiger partial charge is 0.394 e. The monoisotopic (exact) mass is 175 g/mol. The number of hydrogen-bond donors (Lipinski definition) is 2. The number of hydrogen-bond acceptors (Lipinski definition) is 5. The molecule has 0 saturated carbocycles. The molecule has 0 rings (SSSR count). The van der Waals surface area contributed by atoms with Crippen LogP contribution in [0.15, 0.2) is 0 Å². The minimum absolute atomic E-state index is 0.108. The van der Waals surface area contributed by atoms with Crippen molar-refractivity contribution < 1.29 is 19.9 Å². The van der Waals surface area contributed by atoms with Gasteiger partial charge >= 0.3 is 0 Å². The third-order valence-corrected chi connectivity index (χ3v) is 0.874. The Morgan fingerprint density at radius 3 is 2.00 bits per heavy atom. The Morgan fingerprint density at radius 1 is 1.17 bits per heavy atom. The van der Waals surface area contributed by atoms with Gasteiger partial charge in [-0.05, 0) is 0 Å². The topological polar surface area (TPSA) is 62.2 Å². The molecule has 2 N–H and O–H groups in total. The second kappa shape index (κ2) is 8.46. The van der Waals surface area contributed by atoms with Crippen LogP contribution in [0.1, 0.15) is 0 Å². The highest BCUT2D eigenvalue weighted by atomic mass is 16.9. The first-order valence-corrected chi connectivity index (χ1v) is 3.53. The highest BCUT2D eigenvalue weighted by molar-refractivity contribution is 4.84. The average Bonchev–Trinajstić information content (AvgIpc) is 2.10. The summed E-state index contributed by atoms with van der Waals surface area (Å²) in [7, 11) is 0. The summed E-state index contributed by atoms with van der Waals surface area (Å²) in [6.45, 7) is 0.174. The molecule has 0 bridgehead atoms. The Balaban J connectivity index is 3.48. The van der Waals surface area contributed by atoms with Gasteiger partial charge in [0, 0.05) is 0 Å². The molecule has 0 aliphatic heterocycles. The van der Waals surface area contributed by atoms with Crippen molar-refractivity contribution in [3.05, 3.63) is 0 Å². The van der Waals surface area contributed by atoms with E-state index in [1.807, 2.05) is 0 Å². The maximum absolute atomic E-state index is 8.40. The smallest absolute Gasteiger partial charge is 0.112 e. The highest BCUT2D eigenvalue weighted by Gasteiger charge is 2.02. The molecule has 0 spiro atoms. The zero-order valence-corrected chi connectivity index (χ0v) is 6.77. The fraction of sp³-hybridized carbons (Fsp3) is 0.714. The fourth-order valence-electron chi connectivity index (χ4n) is 0.488. The quantitative estimate of drug-likeness (QED) is 0.375. The number of aliphatic hydroxyl groups is 2. The summed E-state index contributed by atoms with van der Waals surface area (Å²) in [6.07, 6.45) is 5.00. The first kappa shape index (κ1) is 11.4. The van der Waals surface area contributed by atoms with E-state index in [1.165, 1.54) is 0 Å². The number of rotatable bonds is 7. The minimum Gasteiger partial charge on any atom is -0.394 e. The van der Waals surface area contributed by atoms with Crippen LogP contribution in [0, 0.1) is 12.3 Å². The fourth-order valence-corrected chi connectivity index (χ4v) is 0.488. The molecule has 5 nitrogen and oxygen atoms in total. The molecule has 0 fully saturated rings. The van der Waals surface area contributed by atoms with Crippen LogP contribution in [-0.4, -0.2) is 48.4 Å². The highest BCUT2D eigenvalue weighted by Crippen LogP contribution is 1.90. The van der Waals surface area contributed by atoms with Crippen LogP contribution in [0.2, 0.25) is 0 Å². The summed E-state index contributed by atoms with van der Waals surface area (Å²) in [5.74, 6) is 2.30. The lowest BCUT2D eigenvalue weighted by Gasteiger charge is -2.17. The molecule has 0 atom stereocenters. The van der Waals surface area contributed by atoms with E-state index in [-0.39, 0.29) is 33.0 Å². The van der Waals surface area contributed by atoms with Gasteiger partial charge in [-0.15, -0.1) is 6.42 Å². The van der Waals surface area contributed by atoms with Crippen molar-refractivity contribution in [3.63, 3.8) is 0 Å². The molecular formula is C7H13NO4. The van der Waals surface area contributed by atoms with Crippen molar-refractivity contribution >= 4 is 0 Å². The third kappa shape index (κ3) is 6.09. The maximum Gasteiger partial charge on any atom is 0.112 e. The van der Waals surface area contributed by atoms with Crippen LogP contribution in [0.4, 0.5) is 0 Å². The molecule has 12 heavy (non-hydrogen) atoms. The molecule has 0 aromatic carbocycles. The second-order valence-electron chi connectivity index (χ2n) is 1.81. The average molecular weight is 175 g/mol. The van der Waals surface area contributed by atoms with Gasteiger partial charge in [-0.1, -0.05) is 11.1 Å². The Morgan fingerprint density at radius 2 is 1.67 bits per heavy atom. The molecule has 0 saturated heterocycles. The van der Waals surface area contributed by atoms with Crippen LogP contribution in [0.25, 0.3) is 0 Å². The minimum atomic E-state index is -0.108. The van der Waals surface area contributed by atoms with E-state index in [4.69, 9.17) is 26.3 Å². The Bertz CT molecular complexity index is 126. The molecule has 0 radical (unpaired) electrons. The molecule has 70 valence electrons. The van der Waals surface area contributed by atoms with Crippen molar-refractivity contribution in [1.82, 2.24) is 5.23 Å². The van der Waals surface area contributed by atoms with Crippen LogP contribution >= 0.6 is 0 Å².